The highest BCUT2D eigenvalue weighted by Crippen LogP contribution is 2.34. The molecule has 3 heterocycles. The summed E-state index contributed by atoms with van der Waals surface area (Å²) < 4.78 is 2.03. The van der Waals surface area contributed by atoms with Crippen LogP contribution in [0.25, 0.3) is 10.9 Å². The van der Waals surface area contributed by atoms with Gasteiger partial charge < -0.3 is 4.98 Å². The number of nitrogens with zero attached hydrogens (tertiary/aromatic N) is 5. The van der Waals surface area contributed by atoms with Gasteiger partial charge in [0.2, 0.25) is 0 Å². The molecule has 2 aromatic heterocycles. The molecule has 3 aromatic rings. The van der Waals surface area contributed by atoms with Gasteiger partial charge in [-0.25, -0.2) is 4.68 Å². The van der Waals surface area contributed by atoms with Crippen LogP contribution in [0.1, 0.15) is 87.3 Å². The number of hydrogen-bond donors (Lipinski definition) is 1. The topological polar surface area (TPSA) is 79.7 Å². The molecule has 7 nitrogen and oxygen atoms in total. The Kier molecular flexibility index (Phi) is 5.85. The minimum atomic E-state index is -0.212. The average molecular weight is 421 g/mol. The average Bonchev–Trinajstić information content (AvgIpc) is 3.30. The van der Waals surface area contributed by atoms with E-state index in [1.54, 1.807) is 0 Å². The maximum atomic E-state index is 13.3. The van der Waals surface area contributed by atoms with Crippen LogP contribution in [0.3, 0.4) is 0 Å². The van der Waals surface area contributed by atoms with Crippen molar-refractivity contribution in [3.63, 3.8) is 0 Å². The number of benzene rings is 1. The highest BCUT2D eigenvalue weighted by atomic mass is 16.1. The number of aromatic nitrogens is 5. The summed E-state index contributed by atoms with van der Waals surface area (Å²) in [6.45, 7) is 4.09. The van der Waals surface area contributed by atoms with Crippen molar-refractivity contribution in [2.75, 3.05) is 13.1 Å². The Morgan fingerprint density at radius 1 is 1.06 bits per heavy atom. The molecule has 31 heavy (non-hydrogen) atoms. The number of tetrazole rings is 1. The van der Waals surface area contributed by atoms with Crippen molar-refractivity contribution in [1.82, 2.24) is 30.1 Å². The second-order valence-corrected chi connectivity index (χ2v) is 9.10. The lowest BCUT2D eigenvalue weighted by Gasteiger charge is -2.34. The molecule has 1 atom stereocenters. The third kappa shape index (κ3) is 4.03. The third-order valence-electron chi connectivity index (χ3n) is 7.08. The number of aryl methyl sites for hydroxylation is 1. The number of likely N-dealkylation sites (tertiary alicyclic amines) is 1. The van der Waals surface area contributed by atoms with E-state index in [2.05, 4.69) is 50.5 Å². The third-order valence-corrected chi connectivity index (χ3v) is 7.08. The molecule has 164 valence electrons. The lowest BCUT2D eigenvalue weighted by Crippen LogP contribution is -2.39. The van der Waals surface area contributed by atoms with Crippen LogP contribution < -0.4 is 5.56 Å². The Labute approximate surface area is 182 Å². The number of fused-ring (bicyclic) bond motifs is 1. The first-order chi connectivity index (χ1) is 15.2. The maximum Gasteiger partial charge on any atom is 0.253 e. The smallest absolute Gasteiger partial charge is 0.253 e. The zero-order valence-electron chi connectivity index (χ0n) is 18.4. The van der Waals surface area contributed by atoms with Crippen LogP contribution in [-0.4, -0.2) is 43.2 Å². The zero-order valence-corrected chi connectivity index (χ0v) is 18.4. The molecule has 0 spiro atoms. The number of pyridine rings is 1. The van der Waals surface area contributed by atoms with E-state index in [-0.39, 0.29) is 11.6 Å². The van der Waals surface area contributed by atoms with Crippen LogP contribution >= 0.6 is 0 Å². The molecule has 1 N–H and O–H groups in total. The van der Waals surface area contributed by atoms with Gasteiger partial charge in [-0.05, 0) is 84.8 Å². The fourth-order valence-corrected chi connectivity index (χ4v) is 5.34. The minimum absolute atomic E-state index is 0.0366. The maximum absolute atomic E-state index is 13.3. The number of hydrogen-bond acceptors (Lipinski definition) is 5. The quantitative estimate of drug-likeness (QED) is 0.670. The van der Waals surface area contributed by atoms with E-state index in [4.69, 9.17) is 0 Å². The number of H-pyrrole nitrogens is 1. The molecule has 7 heteroatoms. The number of rotatable bonds is 5. The molecule has 1 aromatic carbocycles. The Morgan fingerprint density at radius 2 is 1.84 bits per heavy atom. The van der Waals surface area contributed by atoms with E-state index in [0.29, 0.717) is 6.04 Å². The SMILES string of the molecule is CCc1ccc2[nH]c(=O)c([C@H](c3nnnn3C3CCCCC3)N3CCCCC3)cc2c1. The van der Waals surface area contributed by atoms with Crippen LogP contribution in [0.2, 0.25) is 0 Å². The molecule has 1 aliphatic heterocycles. The van der Waals surface area contributed by atoms with E-state index < -0.39 is 0 Å². The van der Waals surface area contributed by atoms with Crippen LogP contribution in [0.4, 0.5) is 0 Å². The van der Waals surface area contributed by atoms with Crippen molar-refractivity contribution >= 4 is 10.9 Å². The second-order valence-electron chi connectivity index (χ2n) is 9.10. The molecule has 0 radical (unpaired) electrons. The largest absolute Gasteiger partial charge is 0.322 e. The van der Waals surface area contributed by atoms with Gasteiger partial charge in [0, 0.05) is 11.1 Å². The van der Waals surface area contributed by atoms with E-state index in [1.807, 2.05) is 10.7 Å². The molecule has 1 saturated heterocycles. The van der Waals surface area contributed by atoms with Gasteiger partial charge in [0.25, 0.3) is 5.56 Å². The predicted molar refractivity (Wildman–Crippen MR) is 121 cm³/mol. The Balaban J connectivity index is 1.63. The molecular weight excluding hydrogens is 388 g/mol. The van der Waals surface area contributed by atoms with Crippen LogP contribution in [0.15, 0.2) is 29.1 Å². The summed E-state index contributed by atoms with van der Waals surface area (Å²) in [5.41, 5.74) is 2.88. The number of piperidine rings is 1. The van der Waals surface area contributed by atoms with Gasteiger partial charge >= 0.3 is 0 Å². The summed E-state index contributed by atoms with van der Waals surface area (Å²) in [6, 6.07) is 8.48. The van der Waals surface area contributed by atoms with Crippen LogP contribution in [0, 0.1) is 0 Å². The fraction of sp³-hybridized carbons (Fsp3) is 0.583. The summed E-state index contributed by atoms with van der Waals surface area (Å²) in [4.78, 5) is 18.8. The van der Waals surface area contributed by atoms with Gasteiger partial charge in [-0.3, -0.25) is 9.69 Å². The lowest BCUT2D eigenvalue weighted by atomic mass is 9.94. The number of aromatic amines is 1. The van der Waals surface area contributed by atoms with Crippen molar-refractivity contribution in [2.24, 2.45) is 0 Å². The van der Waals surface area contributed by atoms with Crippen LogP contribution in [0.5, 0.6) is 0 Å². The summed E-state index contributed by atoms with van der Waals surface area (Å²) in [6.07, 6.45) is 10.4. The Bertz CT molecular complexity index is 1090. The Morgan fingerprint density at radius 3 is 2.61 bits per heavy atom. The zero-order chi connectivity index (χ0) is 21.2. The van der Waals surface area contributed by atoms with Crippen molar-refractivity contribution in [3.8, 4) is 0 Å². The fourth-order valence-electron chi connectivity index (χ4n) is 5.34. The Hall–Kier alpha value is -2.54. The van der Waals surface area contributed by atoms with E-state index in [1.165, 1.54) is 31.2 Å². The highest BCUT2D eigenvalue weighted by molar-refractivity contribution is 5.80. The standard InChI is InChI=1S/C24H32N6O/c1-2-17-11-12-21-18(15-17)16-20(24(31)25-21)22(29-13-7-4-8-14-29)23-26-27-28-30(23)19-9-5-3-6-10-19/h11-12,15-16,19,22H,2-10,13-14H2,1H3,(H,25,31)/t22-/m1/s1. The van der Waals surface area contributed by atoms with Crippen molar-refractivity contribution in [2.45, 2.75) is 76.8 Å². The predicted octanol–water partition coefficient (Wildman–Crippen LogP) is 4.16. The molecule has 1 saturated carbocycles. The van der Waals surface area contributed by atoms with Gasteiger partial charge in [0.1, 0.15) is 6.04 Å². The summed E-state index contributed by atoms with van der Waals surface area (Å²) in [5.74, 6) is 0.824. The van der Waals surface area contributed by atoms with Gasteiger partial charge in [0.15, 0.2) is 5.82 Å². The highest BCUT2D eigenvalue weighted by Gasteiger charge is 2.33. The molecule has 2 fully saturated rings. The monoisotopic (exact) mass is 420 g/mol. The number of nitrogens with one attached hydrogen (secondary N) is 1. The van der Waals surface area contributed by atoms with Crippen molar-refractivity contribution in [1.29, 1.82) is 0 Å². The van der Waals surface area contributed by atoms with Gasteiger partial charge in [-0.15, -0.1) is 5.10 Å². The van der Waals surface area contributed by atoms with Crippen molar-refractivity contribution in [3.05, 3.63) is 51.6 Å². The summed E-state index contributed by atoms with van der Waals surface area (Å²) in [7, 11) is 0. The van der Waals surface area contributed by atoms with E-state index >= 15 is 0 Å². The summed E-state index contributed by atoms with van der Waals surface area (Å²) >= 11 is 0. The molecule has 0 bridgehead atoms. The summed E-state index contributed by atoms with van der Waals surface area (Å²) in [5, 5.41) is 14.1. The first-order valence-electron chi connectivity index (χ1n) is 11.9. The molecule has 2 aliphatic rings. The van der Waals surface area contributed by atoms with Gasteiger partial charge in [-0.2, -0.15) is 0 Å². The molecule has 0 amide bonds. The normalized spacial score (nSPS) is 19.6. The second kappa shape index (κ2) is 8.91. The van der Waals surface area contributed by atoms with E-state index in [0.717, 1.165) is 67.5 Å². The first kappa shape index (κ1) is 20.4. The molecular formula is C24H32N6O. The van der Waals surface area contributed by atoms with Gasteiger partial charge in [0.05, 0.1) is 6.04 Å². The van der Waals surface area contributed by atoms with Crippen molar-refractivity contribution < 1.29 is 0 Å². The van der Waals surface area contributed by atoms with E-state index in [9.17, 15) is 4.79 Å². The molecule has 0 unspecified atom stereocenters. The molecule has 5 rings (SSSR count). The molecule has 1 aliphatic carbocycles. The van der Waals surface area contributed by atoms with Crippen LogP contribution in [-0.2, 0) is 6.42 Å². The lowest BCUT2D eigenvalue weighted by molar-refractivity contribution is 0.171. The first-order valence-corrected chi connectivity index (χ1v) is 11.9. The van der Waals surface area contributed by atoms with Gasteiger partial charge in [-0.1, -0.05) is 38.7 Å². The minimum Gasteiger partial charge on any atom is -0.322 e.